The van der Waals surface area contributed by atoms with Crippen LogP contribution in [0.3, 0.4) is 0 Å². The van der Waals surface area contributed by atoms with Gasteiger partial charge in [-0.25, -0.2) is 0 Å². The van der Waals surface area contributed by atoms with Gasteiger partial charge >= 0.3 is 0 Å². The van der Waals surface area contributed by atoms with Gasteiger partial charge in [-0.1, -0.05) is 36.4 Å². The molecule has 0 saturated heterocycles. The maximum absolute atomic E-state index is 12.5. The highest BCUT2D eigenvalue weighted by Gasteiger charge is 2.51. The zero-order chi connectivity index (χ0) is 14.3. The molecule has 4 nitrogen and oxygen atoms in total. The molecule has 0 radical (unpaired) electrons. The molecule has 0 spiro atoms. The van der Waals surface area contributed by atoms with Crippen molar-refractivity contribution in [2.24, 2.45) is 5.73 Å². The molecule has 0 saturated carbocycles. The van der Waals surface area contributed by atoms with Crippen molar-refractivity contribution in [1.82, 2.24) is 0 Å². The van der Waals surface area contributed by atoms with E-state index in [1.807, 2.05) is 0 Å². The fourth-order valence-electron chi connectivity index (χ4n) is 2.52. The van der Waals surface area contributed by atoms with E-state index in [-0.39, 0.29) is 11.6 Å². The van der Waals surface area contributed by atoms with Crippen molar-refractivity contribution in [2.45, 2.75) is 5.54 Å². The van der Waals surface area contributed by atoms with Gasteiger partial charge < -0.3 is 10.5 Å². The molecule has 2 aromatic rings. The number of methoxy groups -OCH3 is 1. The van der Waals surface area contributed by atoms with Gasteiger partial charge in [0.2, 0.25) is 0 Å². The van der Waals surface area contributed by atoms with Gasteiger partial charge in [0, 0.05) is 11.1 Å². The minimum Gasteiger partial charge on any atom is -0.497 e. The Kier molecular flexibility index (Phi) is 2.69. The van der Waals surface area contributed by atoms with Crippen LogP contribution in [-0.4, -0.2) is 18.7 Å². The molecule has 0 unspecified atom stereocenters. The highest BCUT2D eigenvalue weighted by molar-refractivity contribution is 6.32. The number of rotatable bonds is 2. The molecular weight excluding hydrogens is 254 g/mol. The minimum absolute atomic E-state index is 0.358. The Morgan fingerprint density at radius 3 is 1.85 bits per heavy atom. The summed E-state index contributed by atoms with van der Waals surface area (Å²) in [6.07, 6.45) is 0. The number of ketones is 2. The van der Waals surface area contributed by atoms with Gasteiger partial charge in [0.05, 0.1) is 7.11 Å². The third kappa shape index (κ3) is 1.52. The van der Waals surface area contributed by atoms with Crippen LogP contribution < -0.4 is 10.5 Å². The molecule has 0 amide bonds. The molecular formula is C16H13NO3. The Bertz CT molecular complexity index is 669. The van der Waals surface area contributed by atoms with Gasteiger partial charge in [-0.2, -0.15) is 0 Å². The molecule has 2 aromatic carbocycles. The van der Waals surface area contributed by atoms with Crippen LogP contribution in [0, 0.1) is 0 Å². The van der Waals surface area contributed by atoms with E-state index in [2.05, 4.69) is 0 Å². The number of carbonyl (C=O) groups is 2. The summed E-state index contributed by atoms with van der Waals surface area (Å²) in [6.45, 7) is 0. The van der Waals surface area contributed by atoms with E-state index in [1.165, 1.54) is 0 Å². The summed E-state index contributed by atoms with van der Waals surface area (Å²) in [4.78, 5) is 25.0. The first-order valence-electron chi connectivity index (χ1n) is 6.21. The van der Waals surface area contributed by atoms with Gasteiger partial charge in [0.1, 0.15) is 5.75 Å². The van der Waals surface area contributed by atoms with E-state index in [0.29, 0.717) is 22.4 Å². The number of hydrogen-bond donors (Lipinski definition) is 1. The van der Waals surface area contributed by atoms with Gasteiger partial charge in [0.15, 0.2) is 17.1 Å². The summed E-state index contributed by atoms with van der Waals surface area (Å²) in [7, 11) is 1.55. The van der Waals surface area contributed by atoms with Gasteiger partial charge in [0.25, 0.3) is 0 Å². The lowest BCUT2D eigenvalue weighted by molar-refractivity contribution is 0.0799. The Hall–Kier alpha value is -2.46. The number of carbonyl (C=O) groups excluding carboxylic acids is 2. The summed E-state index contributed by atoms with van der Waals surface area (Å²) < 4.78 is 5.07. The van der Waals surface area contributed by atoms with E-state index in [4.69, 9.17) is 10.5 Å². The van der Waals surface area contributed by atoms with Crippen LogP contribution in [0.15, 0.2) is 48.5 Å². The molecule has 0 fully saturated rings. The number of Topliss-reactive ketones (excluding diaryl/α,β-unsaturated/α-hetero) is 2. The third-order valence-electron chi connectivity index (χ3n) is 3.68. The van der Waals surface area contributed by atoms with Crippen molar-refractivity contribution in [3.63, 3.8) is 0 Å². The van der Waals surface area contributed by atoms with Crippen LogP contribution >= 0.6 is 0 Å². The minimum atomic E-state index is -1.63. The molecule has 100 valence electrons. The summed E-state index contributed by atoms with van der Waals surface area (Å²) >= 11 is 0. The summed E-state index contributed by atoms with van der Waals surface area (Å²) in [5, 5.41) is 0. The first-order valence-corrected chi connectivity index (χ1v) is 6.21. The van der Waals surface area contributed by atoms with Crippen molar-refractivity contribution in [3.05, 3.63) is 65.2 Å². The van der Waals surface area contributed by atoms with Crippen LogP contribution in [-0.2, 0) is 5.54 Å². The van der Waals surface area contributed by atoms with Crippen LogP contribution in [0.4, 0.5) is 0 Å². The molecule has 1 aliphatic rings. The normalized spacial score (nSPS) is 16.1. The second-order valence-electron chi connectivity index (χ2n) is 4.74. The Labute approximate surface area is 116 Å². The molecule has 0 bridgehead atoms. The van der Waals surface area contributed by atoms with Crippen molar-refractivity contribution >= 4 is 11.6 Å². The predicted molar refractivity (Wildman–Crippen MR) is 74.0 cm³/mol. The van der Waals surface area contributed by atoms with Crippen molar-refractivity contribution in [2.75, 3.05) is 7.11 Å². The molecule has 0 aromatic heterocycles. The maximum atomic E-state index is 12.5. The Balaban J connectivity index is 2.13. The highest BCUT2D eigenvalue weighted by atomic mass is 16.5. The zero-order valence-electron chi connectivity index (χ0n) is 10.9. The molecule has 20 heavy (non-hydrogen) atoms. The van der Waals surface area contributed by atoms with E-state index in [9.17, 15) is 9.59 Å². The number of ether oxygens (including phenoxy) is 1. The molecule has 0 aliphatic heterocycles. The number of fused-ring (bicyclic) bond motifs is 1. The first kappa shape index (κ1) is 12.6. The zero-order valence-corrected chi connectivity index (χ0v) is 10.9. The highest BCUT2D eigenvalue weighted by Crippen LogP contribution is 2.36. The molecule has 3 rings (SSSR count). The second kappa shape index (κ2) is 4.28. The van der Waals surface area contributed by atoms with Crippen molar-refractivity contribution < 1.29 is 14.3 Å². The van der Waals surface area contributed by atoms with E-state index in [1.54, 1.807) is 55.6 Å². The fourth-order valence-corrected chi connectivity index (χ4v) is 2.52. The second-order valence-corrected chi connectivity index (χ2v) is 4.74. The lowest BCUT2D eigenvalue weighted by atomic mass is 9.86. The molecule has 2 N–H and O–H groups in total. The average molecular weight is 267 g/mol. The SMILES string of the molecule is COc1ccc(C2(N)C(=O)c3ccccc3C2=O)cc1. The number of benzene rings is 2. The quantitative estimate of drug-likeness (QED) is 0.844. The van der Waals surface area contributed by atoms with Crippen molar-refractivity contribution in [3.8, 4) is 5.75 Å². The molecule has 0 atom stereocenters. The van der Waals surface area contributed by atoms with Crippen molar-refractivity contribution in [1.29, 1.82) is 0 Å². The predicted octanol–water partition coefficient (Wildman–Crippen LogP) is 1.93. The summed E-state index contributed by atoms with van der Waals surface area (Å²) in [5.74, 6) is -0.0701. The number of nitrogens with two attached hydrogens (primary N) is 1. The topological polar surface area (TPSA) is 69.4 Å². The van der Waals surface area contributed by atoms with Gasteiger partial charge in [-0.05, 0) is 17.7 Å². The van der Waals surface area contributed by atoms with Crippen LogP contribution in [0.2, 0.25) is 0 Å². The maximum Gasteiger partial charge on any atom is 0.195 e. The van der Waals surface area contributed by atoms with E-state index in [0.717, 1.165) is 0 Å². The number of hydrogen-bond acceptors (Lipinski definition) is 4. The molecule has 4 heteroatoms. The Morgan fingerprint density at radius 1 is 0.900 bits per heavy atom. The summed E-state index contributed by atoms with van der Waals surface area (Å²) in [5.41, 5.74) is 5.79. The first-order chi connectivity index (χ1) is 9.59. The fraction of sp³-hybridized carbons (Fsp3) is 0.125. The summed E-state index contributed by atoms with van der Waals surface area (Å²) in [6, 6.07) is 13.4. The Morgan fingerprint density at radius 2 is 1.40 bits per heavy atom. The van der Waals surface area contributed by atoms with E-state index >= 15 is 0 Å². The monoisotopic (exact) mass is 267 g/mol. The third-order valence-corrected chi connectivity index (χ3v) is 3.68. The van der Waals surface area contributed by atoms with Gasteiger partial charge in [-0.3, -0.25) is 9.59 Å². The average Bonchev–Trinajstić information content (AvgIpc) is 2.71. The molecule has 0 heterocycles. The van der Waals surface area contributed by atoms with Crippen LogP contribution in [0.5, 0.6) is 5.75 Å². The largest absolute Gasteiger partial charge is 0.497 e. The lowest BCUT2D eigenvalue weighted by Gasteiger charge is -2.21. The van der Waals surface area contributed by atoms with E-state index < -0.39 is 5.54 Å². The lowest BCUT2D eigenvalue weighted by Crippen LogP contribution is -2.47. The standard InChI is InChI=1S/C16H13NO3/c1-20-11-8-6-10(7-9-11)16(17)14(18)12-4-2-3-5-13(12)15(16)19/h2-9H,17H2,1H3. The van der Waals surface area contributed by atoms with Gasteiger partial charge in [-0.15, -0.1) is 0 Å². The molecule has 1 aliphatic carbocycles. The smallest absolute Gasteiger partial charge is 0.195 e. The van der Waals surface area contributed by atoms with Crippen LogP contribution in [0.25, 0.3) is 0 Å². The van der Waals surface area contributed by atoms with Crippen LogP contribution in [0.1, 0.15) is 26.3 Å².